The highest BCUT2D eigenvalue weighted by Gasteiger charge is 2.28. The van der Waals surface area contributed by atoms with Crippen LogP contribution in [0.5, 0.6) is 0 Å². The summed E-state index contributed by atoms with van der Waals surface area (Å²) < 4.78 is 25.1. The number of sulfone groups is 1. The smallest absolute Gasteiger partial charge is 0.194 e. The fraction of sp³-hybridized carbons (Fsp3) is 0.765. The number of aryl methyl sites for hydroxylation is 1. The van der Waals surface area contributed by atoms with Gasteiger partial charge in [-0.25, -0.2) is 8.42 Å². The highest BCUT2D eigenvalue weighted by Crippen LogP contribution is 2.20. The maximum absolute atomic E-state index is 11.7. The van der Waals surface area contributed by atoms with Crippen molar-refractivity contribution in [1.29, 1.82) is 0 Å². The maximum atomic E-state index is 11.7. The Morgan fingerprint density at radius 1 is 1.38 bits per heavy atom. The predicted molar refractivity (Wildman–Crippen MR) is 115 cm³/mol. The lowest BCUT2D eigenvalue weighted by Crippen LogP contribution is -2.43. The molecule has 0 aromatic carbocycles. The number of guanidine groups is 1. The first-order chi connectivity index (χ1) is 11.9. The summed E-state index contributed by atoms with van der Waals surface area (Å²) >= 11 is 0. The molecule has 0 spiro atoms. The minimum absolute atomic E-state index is 0. The molecule has 0 radical (unpaired) electrons. The van der Waals surface area contributed by atoms with E-state index in [0.717, 1.165) is 24.5 Å². The summed E-state index contributed by atoms with van der Waals surface area (Å²) in [6, 6.07) is 0.474. The molecule has 1 aromatic heterocycles. The third-order valence-corrected chi connectivity index (χ3v) is 6.89. The van der Waals surface area contributed by atoms with Gasteiger partial charge in [-0.2, -0.15) is 5.10 Å². The van der Waals surface area contributed by atoms with E-state index in [2.05, 4.69) is 15.3 Å². The lowest BCUT2D eigenvalue weighted by atomic mass is 10.1. The summed E-state index contributed by atoms with van der Waals surface area (Å²) in [6.07, 6.45) is 9.49. The number of nitrogens with one attached hydrogen (secondary N) is 1. The molecule has 1 N–H and O–H groups in total. The molecule has 1 unspecified atom stereocenters. The van der Waals surface area contributed by atoms with Gasteiger partial charge in [-0.3, -0.25) is 9.67 Å². The lowest BCUT2D eigenvalue weighted by Gasteiger charge is -2.25. The van der Waals surface area contributed by atoms with Gasteiger partial charge in [0.25, 0.3) is 0 Å². The topological polar surface area (TPSA) is 79.6 Å². The second kappa shape index (κ2) is 9.38. The Labute approximate surface area is 173 Å². The summed E-state index contributed by atoms with van der Waals surface area (Å²) in [6.45, 7) is 1.31. The predicted octanol–water partition coefficient (Wildman–Crippen LogP) is 1.79. The SMILES string of the molecule is CN(Cc1cnn(C)c1)C(=NCC1CCS(=O)(=O)C1)NC1CCCC1.I. The number of hydrogen-bond donors (Lipinski definition) is 1. The van der Waals surface area contributed by atoms with Crippen LogP contribution in [0, 0.1) is 5.92 Å². The average molecular weight is 495 g/mol. The number of nitrogens with zero attached hydrogens (tertiary/aromatic N) is 4. The van der Waals surface area contributed by atoms with Gasteiger partial charge < -0.3 is 10.2 Å². The third-order valence-electron chi connectivity index (χ3n) is 5.05. The molecule has 7 nitrogen and oxygen atoms in total. The number of halogens is 1. The minimum Gasteiger partial charge on any atom is -0.354 e. The molecule has 1 atom stereocenters. The van der Waals surface area contributed by atoms with Crippen molar-refractivity contribution in [2.45, 2.75) is 44.7 Å². The van der Waals surface area contributed by atoms with Crippen molar-refractivity contribution in [3.05, 3.63) is 18.0 Å². The average Bonchev–Trinajstić information content (AvgIpc) is 3.26. The van der Waals surface area contributed by atoms with Gasteiger partial charge in [0.05, 0.1) is 17.7 Å². The van der Waals surface area contributed by atoms with Gasteiger partial charge >= 0.3 is 0 Å². The summed E-state index contributed by atoms with van der Waals surface area (Å²) in [4.78, 5) is 6.89. The van der Waals surface area contributed by atoms with Crippen LogP contribution in [-0.2, 0) is 23.4 Å². The van der Waals surface area contributed by atoms with E-state index in [1.807, 2.05) is 26.5 Å². The van der Waals surface area contributed by atoms with Crippen LogP contribution in [0.3, 0.4) is 0 Å². The van der Waals surface area contributed by atoms with Gasteiger partial charge in [0.15, 0.2) is 15.8 Å². The summed E-state index contributed by atoms with van der Waals surface area (Å²) in [5.41, 5.74) is 1.13. The molecule has 1 aromatic rings. The van der Waals surface area contributed by atoms with E-state index in [4.69, 9.17) is 4.99 Å². The quantitative estimate of drug-likeness (QED) is 0.383. The van der Waals surface area contributed by atoms with Gasteiger partial charge in [-0.1, -0.05) is 12.8 Å². The molecular formula is C17H30IN5O2S. The normalized spacial score (nSPS) is 23.0. The van der Waals surface area contributed by atoms with E-state index in [1.54, 1.807) is 4.68 Å². The number of rotatable bonds is 5. The van der Waals surface area contributed by atoms with Crippen molar-refractivity contribution >= 4 is 39.8 Å². The molecule has 148 valence electrons. The fourth-order valence-electron chi connectivity index (χ4n) is 3.66. The van der Waals surface area contributed by atoms with Gasteiger partial charge in [0.2, 0.25) is 0 Å². The molecule has 1 saturated carbocycles. The molecule has 9 heteroatoms. The van der Waals surface area contributed by atoms with Gasteiger partial charge in [-0.15, -0.1) is 24.0 Å². The Bertz CT molecular complexity index is 712. The first-order valence-electron chi connectivity index (χ1n) is 9.11. The summed E-state index contributed by atoms with van der Waals surface area (Å²) in [5.74, 6) is 1.61. The maximum Gasteiger partial charge on any atom is 0.194 e. The zero-order chi connectivity index (χ0) is 17.9. The van der Waals surface area contributed by atoms with Gasteiger partial charge in [0, 0.05) is 45.0 Å². The van der Waals surface area contributed by atoms with Crippen LogP contribution in [0.15, 0.2) is 17.4 Å². The molecule has 2 heterocycles. The molecule has 1 aliphatic carbocycles. The fourth-order valence-corrected chi connectivity index (χ4v) is 5.51. The van der Waals surface area contributed by atoms with E-state index < -0.39 is 9.84 Å². The first kappa shape index (κ1) is 21.5. The standard InChI is InChI=1S/C17H29N5O2S.HI/c1-21(11-15-10-19-22(2)12-15)17(20-16-5-3-4-6-16)18-9-14-7-8-25(23,24)13-14;/h10,12,14,16H,3-9,11,13H2,1-2H3,(H,18,20);1H. The summed E-state index contributed by atoms with van der Waals surface area (Å²) in [5, 5.41) is 7.81. The van der Waals surface area contributed by atoms with E-state index in [-0.39, 0.29) is 35.6 Å². The highest BCUT2D eigenvalue weighted by molar-refractivity contribution is 14.0. The zero-order valence-electron chi connectivity index (χ0n) is 15.6. The first-order valence-corrected chi connectivity index (χ1v) is 10.9. The van der Waals surface area contributed by atoms with Gasteiger partial charge in [0.1, 0.15) is 0 Å². The van der Waals surface area contributed by atoms with Crippen molar-refractivity contribution in [2.75, 3.05) is 25.1 Å². The molecule has 2 aliphatic rings. The van der Waals surface area contributed by atoms with Crippen LogP contribution in [0.1, 0.15) is 37.7 Å². The largest absolute Gasteiger partial charge is 0.354 e. The van der Waals surface area contributed by atoms with E-state index in [0.29, 0.717) is 18.3 Å². The Morgan fingerprint density at radius 3 is 2.69 bits per heavy atom. The molecule has 0 amide bonds. The monoisotopic (exact) mass is 495 g/mol. The van der Waals surface area contributed by atoms with E-state index in [1.165, 1.54) is 25.7 Å². The summed E-state index contributed by atoms with van der Waals surface area (Å²) in [7, 11) is 1.09. The van der Waals surface area contributed by atoms with Crippen LogP contribution in [0.25, 0.3) is 0 Å². The minimum atomic E-state index is -2.85. The van der Waals surface area contributed by atoms with Crippen LogP contribution in [0.4, 0.5) is 0 Å². The molecule has 26 heavy (non-hydrogen) atoms. The zero-order valence-corrected chi connectivity index (χ0v) is 18.7. The molecule has 3 rings (SSSR count). The van der Waals surface area contributed by atoms with Crippen LogP contribution in [0.2, 0.25) is 0 Å². The second-order valence-corrected chi connectivity index (χ2v) is 9.67. The van der Waals surface area contributed by atoms with Crippen LogP contribution < -0.4 is 5.32 Å². The van der Waals surface area contributed by atoms with Crippen molar-refractivity contribution in [1.82, 2.24) is 20.0 Å². The highest BCUT2D eigenvalue weighted by atomic mass is 127. The van der Waals surface area contributed by atoms with Crippen LogP contribution >= 0.6 is 24.0 Å². The van der Waals surface area contributed by atoms with Crippen molar-refractivity contribution in [3.8, 4) is 0 Å². The Hall–Kier alpha value is -0.840. The number of aliphatic imine (C=N–C) groups is 1. The van der Waals surface area contributed by atoms with Crippen molar-refractivity contribution in [2.24, 2.45) is 18.0 Å². The molecule has 0 bridgehead atoms. The molecule has 2 fully saturated rings. The number of aromatic nitrogens is 2. The van der Waals surface area contributed by atoms with Crippen LogP contribution in [-0.4, -0.2) is 60.2 Å². The van der Waals surface area contributed by atoms with Crippen molar-refractivity contribution in [3.63, 3.8) is 0 Å². The Balaban J connectivity index is 0.00000243. The Kier molecular flexibility index (Phi) is 7.75. The second-order valence-electron chi connectivity index (χ2n) is 7.44. The molecular weight excluding hydrogens is 465 g/mol. The van der Waals surface area contributed by atoms with E-state index >= 15 is 0 Å². The van der Waals surface area contributed by atoms with Crippen molar-refractivity contribution < 1.29 is 8.42 Å². The van der Waals surface area contributed by atoms with Gasteiger partial charge in [-0.05, 0) is 25.2 Å². The molecule has 1 aliphatic heterocycles. The van der Waals surface area contributed by atoms with E-state index in [9.17, 15) is 8.42 Å². The third kappa shape index (κ3) is 6.11. The Morgan fingerprint density at radius 2 is 2.12 bits per heavy atom. The molecule has 1 saturated heterocycles. The number of hydrogen-bond acceptors (Lipinski definition) is 4. The lowest BCUT2D eigenvalue weighted by molar-refractivity contribution is 0.453.